The van der Waals surface area contributed by atoms with Crippen molar-refractivity contribution < 1.29 is 0 Å². The maximum absolute atomic E-state index is 2.44. The Balaban J connectivity index is 1.24. The van der Waals surface area contributed by atoms with Gasteiger partial charge in [-0.1, -0.05) is 176 Å². The lowest BCUT2D eigenvalue weighted by atomic mass is 9.83. The third-order valence-corrected chi connectivity index (χ3v) is 11.2. The largest absolute Gasteiger partial charge is 0.0622 e. The second-order valence-corrected chi connectivity index (χ2v) is 14.0. The Bertz CT molecular complexity index is 3220. The molecule has 11 aromatic carbocycles. The van der Waals surface area contributed by atoms with Crippen LogP contribution in [0.15, 0.2) is 194 Å². The molecule has 11 rings (SSSR count). The van der Waals surface area contributed by atoms with Gasteiger partial charge >= 0.3 is 0 Å². The van der Waals surface area contributed by atoms with Crippen molar-refractivity contribution in [3.05, 3.63) is 194 Å². The van der Waals surface area contributed by atoms with Crippen molar-refractivity contribution in [2.45, 2.75) is 0 Å². The smallest absolute Gasteiger partial charge is 0.00141 e. The Kier molecular flexibility index (Phi) is 6.35. The standard InChI is InChI=1S/C52H32/c1-2-10-33(11-3-1)39-25-22-37-20-21-38-23-26-40(31-49(38)48(37)30-39)50-44-16-8-9-17-45(44)51(52-43-15-7-5-13-35(43)28-29-46(50)52)41-27-24-36-19-18-34-12-4-6-14-42(34)47(36)32-41/h1-32H. The van der Waals surface area contributed by atoms with Crippen molar-refractivity contribution in [1.29, 1.82) is 0 Å². The van der Waals surface area contributed by atoms with E-state index in [1.807, 2.05) is 0 Å². The fourth-order valence-electron chi connectivity index (χ4n) is 8.73. The topological polar surface area (TPSA) is 0 Å². The van der Waals surface area contributed by atoms with Gasteiger partial charge < -0.3 is 0 Å². The molecule has 0 saturated carbocycles. The Labute approximate surface area is 301 Å². The van der Waals surface area contributed by atoms with Crippen LogP contribution in [-0.2, 0) is 0 Å². The van der Waals surface area contributed by atoms with Crippen LogP contribution < -0.4 is 0 Å². The van der Waals surface area contributed by atoms with E-state index in [1.54, 1.807) is 0 Å². The molecule has 240 valence electrons. The second kappa shape index (κ2) is 11.4. The average Bonchev–Trinajstić information content (AvgIpc) is 3.22. The van der Waals surface area contributed by atoms with E-state index >= 15 is 0 Å². The van der Waals surface area contributed by atoms with Gasteiger partial charge in [-0.15, -0.1) is 0 Å². The number of fused-ring (bicyclic) bond motifs is 10. The first kappa shape index (κ1) is 29.0. The van der Waals surface area contributed by atoms with Gasteiger partial charge in [0.15, 0.2) is 0 Å². The molecule has 0 aliphatic carbocycles. The van der Waals surface area contributed by atoms with Gasteiger partial charge in [0, 0.05) is 0 Å². The normalized spacial score (nSPS) is 11.8. The Hall–Kier alpha value is -6.76. The monoisotopic (exact) mass is 656 g/mol. The van der Waals surface area contributed by atoms with Crippen LogP contribution >= 0.6 is 0 Å². The summed E-state index contributed by atoms with van der Waals surface area (Å²) in [5.74, 6) is 0. The summed E-state index contributed by atoms with van der Waals surface area (Å²) in [6.45, 7) is 0. The molecule has 11 aromatic rings. The molecule has 52 heavy (non-hydrogen) atoms. The summed E-state index contributed by atoms with van der Waals surface area (Å²) in [7, 11) is 0. The Morgan fingerprint density at radius 1 is 0.192 bits per heavy atom. The number of rotatable bonds is 3. The lowest BCUT2D eigenvalue weighted by Gasteiger charge is -2.20. The molecule has 0 aliphatic rings. The molecule has 0 saturated heterocycles. The highest BCUT2D eigenvalue weighted by atomic mass is 14.2. The second-order valence-electron chi connectivity index (χ2n) is 14.0. The third kappa shape index (κ3) is 4.41. The van der Waals surface area contributed by atoms with E-state index in [4.69, 9.17) is 0 Å². The van der Waals surface area contributed by atoms with Crippen LogP contribution in [0.1, 0.15) is 0 Å². The molecule has 0 amide bonds. The highest BCUT2D eigenvalue weighted by Crippen LogP contribution is 2.47. The lowest BCUT2D eigenvalue weighted by Crippen LogP contribution is -1.92. The molecule has 0 radical (unpaired) electrons. The molecule has 0 aromatic heterocycles. The first-order valence-electron chi connectivity index (χ1n) is 18.1. The van der Waals surface area contributed by atoms with E-state index in [1.165, 1.54) is 109 Å². The van der Waals surface area contributed by atoms with E-state index in [0.29, 0.717) is 0 Å². The van der Waals surface area contributed by atoms with E-state index in [-0.39, 0.29) is 0 Å². The fraction of sp³-hybridized carbons (Fsp3) is 0. The van der Waals surface area contributed by atoms with Crippen molar-refractivity contribution in [1.82, 2.24) is 0 Å². The molecule has 0 spiro atoms. The summed E-state index contributed by atoms with van der Waals surface area (Å²) in [6, 6.07) is 72.0. The Morgan fingerprint density at radius 3 is 1.25 bits per heavy atom. The molecule has 0 bridgehead atoms. The van der Waals surface area contributed by atoms with Gasteiger partial charge in [-0.25, -0.2) is 0 Å². The highest BCUT2D eigenvalue weighted by molar-refractivity contribution is 6.29. The average molecular weight is 657 g/mol. The number of benzene rings is 11. The summed E-state index contributed by atoms with van der Waals surface area (Å²) in [5, 5.41) is 17.8. The molecule has 0 fully saturated rings. The van der Waals surface area contributed by atoms with Gasteiger partial charge in [0.2, 0.25) is 0 Å². The Morgan fingerprint density at radius 2 is 0.596 bits per heavy atom. The van der Waals surface area contributed by atoms with E-state index in [9.17, 15) is 0 Å². The van der Waals surface area contributed by atoms with Gasteiger partial charge in [0.05, 0.1) is 0 Å². The molecule has 0 heterocycles. The molecular weight excluding hydrogens is 625 g/mol. The lowest BCUT2D eigenvalue weighted by molar-refractivity contribution is 1.65. The predicted molar refractivity (Wildman–Crippen MR) is 225 cm³/mol. The minimum Gasteiger partial charge on any atom is -0.0622 e. The van der Waals surface area contributed by atoms with Crippen molar-refractivity contribution in [2.75, 3.05) is 0 Å². The van der Waals surface area contributed by atoms with Crippen LogP contribution in [0.5, 0.6) is 0 Å². The van der Waals surface area contributed by atoms with Gasteiger partial charge in [-0.05, 0) is 127 Å². The predicted octanol–water partition coefficient (Wildman–Crippen LogP) is 14.8. The molecule has 0 heteroatoms. The van der Waals surface area contributed by atoms with Crippen molar-refractivity contribution in [3.63, 3.8) is 0 Å². The van der Waals surface area contributed by atoms with Crippen LogP contribution in [0.4, 0.5) is 0 Å². The zero-order chi connectivity index (χ0) is 34.2. The van der Waals surface area contributed by atoms with Crippen LogP contribution in [0.25, 0.3) is 109 Å². The zero-order valence-electron chi connectivity index (χ0n) is 28.5. The maximum atomic E-state index is 2.44. The van der Waals surface area contributed by atoms with Gasteiger partial charge in [0.25, 0.3) is 0 Å². The molecule has 0 unspecified atom stereocenters. The number of hydrogen-bond acceptors (Lipinski definition) is 0. The van der Waals surface area contributed by atoms with E-state index in [2.05, 4.69) is 194 Å². The summed E-state index contributed by atoms with van der Waals surface area (Å²) < 4.78 is 0. The van der Waals surface area contributed by atoms with Crippen LogP contribution in [0.2, 0.25) is 0 Å². The maximum Gasteiger partial charge on any atom is -0.00141 e. The quantitative estimate of drug-likeness (QED) is 0.131. The number of hydrogen-bond donors (Lipinski definition) is 0. The molecular formula is C52H32. The molecule has 0 nitrogen and oxygen atoms in total. The van der Waals surface area contributed by atoms with E-state index < -0.39 is 0 Å². The SMILES string of the molecule is c1ccc(-c2ccc3ccc4ccc(-c5c6ccccc6c(-c6ccc7ccc8ccccc8c7c6)c6c5ccc5ccccc56)cc4c3c2)cc1. The van der Waals surface area contributed by atoms with Gasteiger partial charge in [-0.2, -0.15) is 0 Å². The van der Waals surface area contributed by atoms with Crippen LogP contribution in [0.3, 0.4) is 0 Å². The van der Waals surface area contributed by atoms with Crippen molar-refractivity contribution >= 4 is 75.4 Å². The zero-order valence-corrected chi connectivity index (χ0v) is 28.5. The fourth-order valence-corrected chi connectivity index (χ4v) is 8.73. The van der Waals surface area contributed by atoms with Crippen LogP contribution in [0, 0.1) is 0 Å². The first-order chi connectivity index (χ1) is 25.8. The van der Waals surface area contributed by atoms with Crippen molar-refractivity contribution in [2.24, 2.45) is 0 Å². The van der Waals surface area contributed by atoms with Crippen molar-refractivity contribution in [3.8, 4) is 33.4 Å². The molecule has 0 aliphatic heterocycles. The molecule has 0 atom stereocenters. The summed E-state index contributed by atoms with van der Waals surface area (Å²) in [5.41, 5.74) is 7.52. The highest BCUT2D eigenvalue weighted by Gasteiger charge is 2.20. The summed E-state index contributed by atoms with van der Waals surface area (Å²) in [6.07, 6.45) is 0. The third-order valence-electron chi connectivity index (χ3n) is 11.2. The van der Waals surface area contributed by atoms with Gasteiger partial charge in [-0.3, -0.25) is 0 Å². The minimum atomic E-state index is 1.23. The first-order valence-corrected chi connectivity index (χ1v) is 18.1. The minimum absolute atomic E-state index is 1.23. The van der Waals surface area contributed by atoms with E-state index in [0.717, 1.165) is 0 Å². The van der Waals surface area contributed by atoms with Gasteiger partial charge in [0.1, 0.15) is 0 Å². The van der Waals surface area contributed by atoms with Crippen LogP contribution in [-0.4, -0.2) is 0 Å². The summed E-state index contributed by atoms with van der Waals surface area (Å²) in [4.78, 5) is 0. The summed E-state index contributed by atoms with van der Waals surface area (Å²) >= 11 is 0. The molecule has 0 N–H and O–H groups in total.